The molecular formula is C9H12N2O3. The molecular weight excluding hydrogens is 184 g/mol. The Morgan fingerprint density at radius 3 is 3.00 bits per heavy atom. The first-order chi connectivity index (χ1) is 6.61. The number of nitrogens with zero attached hydrogens (tertiary/aromatic N) is 2. The average molecular weight is 196 g/mol. The molecule has 2 rings (SSSR count). The number of hydrogen-bond acceptors (Lipinski definition) is 3. The van der Waals surface area contributed by atoms with Crippen LogP contribution in [0.5, 0.6) is 0 Å². The SMILES string of the molecule is CC1(Cn2nccc2C(=O)O)COC1. The molecule has 0 saturated carbocycles. The molecule has 0 bridgehead atoms. The minimum atomic E-state index is -0.939. The van der Waals surface area contributed by atoms with Crippen LogP contribution in [0, 0.1) is 5.41 Å². The summed E-state index contributed by atoms with van der Waals surface area (Å²) in [5.74, 6) is -0.939. The van der Waals surface area contributed by atoms with Gasteiger partial charge in [-0.3, -0.25) is 4.68 Å². The third kappa shape index (κ3) is 1.50. The highest BCUT2D eigenvalue weighted by Gasteiger charge is 2.34. The lowest BCUT2D eigenvalue weighted by molar-refractivity contribution is -0.111. The van der Waals surface area contributed by atoms with E-state index < -0.39 is 5.97 Å². The second-order valence-corrected chi connectivity index (χ2v) is 3.98. The van der Waals surface area contributed by atoms with Crippen LogP contribution in [-0.4, -0.2) is 34.1 Å². The fourth-order valence-corrected chi connectivity index (χ4v) is 1.54. The number of carboxylic acid groups (broad SMARTS) is 1. The van der Waals surface area contributed by atoms with Crippen molar-refractivity contribution in [2.75, 3.05) is 13.2 Å². The molecule has 5 heteroatoms. The van der Waals surface area contributed by atoms with Crippen LogP contribution < -0.4 is 0 Å². The Morgan fingerprint density at radius 2 is 2.50 bits per heavy atom. The van der Waals surface area contributed by atoms with Gasteiger partial charge in [0.2, 0.25) is 0 Å². The molecule has 0 aliphatic carbocycles. The topological polar surface area (TPSA) is 64.4 Å². The first-order valence-electron chi connectivity index (χ1n) is 4.44. The van der Waals surface area contributed by atoms with E-state index in [4.69, 9.17) is 9.84 Å². The summed E-state index contributed by atoms with van der Waals surface area (Å²) in [6.45, 7) is 4.00. The summed E-state index contributed by atoms with van der Waals surface area (Å²) in [5, 5.41) is 12.8. The van der Waals surface area contributed by atoms with Crippen LogP contribution in [-0.2, 0) is 11.3 Å². The maximum absolute atomic E-state index is 10.8. The van der Waals surface area contributed by atoms with E-state index >= 15 is 0 Å². The number of aromatic carboxylic acids is 1. The Bertz CT molecular complexity index is 355. The zero-order chi connectivity index (χ0) is 10.2. The number of hydrogen-bond donors (Lipinski definition) is 1. The third-order valence-corrected chi connectivity index (χ3v) is 2.37. The molecule has 1 aliphatic rings. The lowest BCUT2D eigenvalue weighted by atomic mass is 9.89. The van der Waals surface area contributed by atoms with Gasteiger partial charge in [-0.15, -0.1) is 0 Å². The van der Waals surface area contributed by atoms with Gasteiger partial charge in [-0.1, -0.05) is 6.92 Å². The molecule has 1 N–H and O–H groups in total. The Labute approximate surface area is 81.3 Å². The normalized spacial score (nSPS) is 18.9. The van der Waals surface area contributed by atoms with Crippen molar-refractivity contribution in [3.05, 3.63) is 18.0 Å². The van der Waals surface area contributed by atoms with Gasteiger partial charge >= 0.3 is 5.97 Å². The van der Waals surface area contributed by atoms with E-state index in [2.05, 4.69) is 12.0 Å². The average Bonchev–Trinajstić information content (AvgIpc) is 2.49. The molecule has 0 radical (unpaired) electrons. The molecule has 1 aromatic rings. The van der Waals surface area contributed by atoms with Crippen molar-refractivity contribution in [3.8, 4) is 0 Å². The minimum Gasteiger partial charge on any atom is -0.477 e. The number of carbonyl (C=O) groups is 1. The van der Waals surface area contributed by atoms with Gasteiger partial charge in [-0.25, -0.2) is 4.79 Å². The molecule has 0 amide bonds. The van der Waals surface area contributed by atoms with Gasteiger partial charge in [-0.2, -0.15) is 5.10 Å². The van der Waals surface area contributed by atoms with Crippen molar-refractivity contribution in [1.29, 1.82) is 0 Å². The Morgan fingerprint density at radius 1 is 1.79 bits per heavy atom. The summed E-state index contributed by atoms with van der Waals surface area (Å²) in [7, 11) is 0. The van der Waals surface area contributed by atoms with E-state index in [0.717, 1.165) is 0 Å². The lowest BCUT2D eigenvalue weighted by Gasteiger charge is -2.37. The molecule has 0 aromatic carbocycles. The van der Waals surface area contributed by atoms with Crippen LogP contribution in [0.15, 0.2) is 12.3 Å². The van der Waals surface area contributed by atoms with Crippen molar-refractivity contribution in [3.63, 3.8) is 0 Å². The summed E-state index contributed by atoms with van der Waals surface area (Å²) in [6.07, 6.45) is 1.51. The standard InChI is InChI=1S/C9H12N2O3/c1-9(5-14-6-9)4-11-7(8(12)13)2-3-10-11/h2-3H,4-6H2,1H3,(H,12,13). The highest BCUT2D eigenvalue weighted by molar-refractivity contribution is 5.85. The second kappa shape index (κ2) is 3.09. The van der Waals surface area contributed by atoms with E-state index in [-0.39, 0.29) is 11.1 Å². The minimum absolute atomic E-state index is 0.0379. The number of ether oxygens (including phenoxy) is 1. The van der Waals surface area contributed by atoms with E-state index in [1.54, 1.807) is 0 Å². The Kier molecular flexibility index (Phi) is 2.03. The van der Waals surface area contributed by atoms with Crippen LogP contribution in [0.1, 0.15) is 17.4 Å². The maximum Gasteiger partial charge on any atom is 0.354 e. The molecule has 14 heavy (non-hydrogen) atoms. The van der Waals surface area contributed by atoms with E-state index in [0.29, 0.717) is 19.8 Å². The molecule has 1 saturated heterocycles. The van der Waals surface area contributed by atoms with Gasteiger partial charge < -0.3 is 9.84 Å². The molecule has 1 fully saturated rings. The van der Waals surface area contributed by atoms with Crippen molar-refractivity contribution in [2.24, 2.45) is 5.41 Å². The van der Waals surface area contributed by atoms with E-state index in [9.17, 15) is 4.79 Å². The molecule has 1 aliphatic heterocycles. The fourth-order valence-electron chi connectivity index (χ4n) is 1.54. The number of carboxylic acids is 1. The summed E-state index contributed by atoms with van der Waals surface area (Å²) >= 11 is 0. The van der Waals surface area contributed by atoms with Gasteiger partial charge in [0.05, 0.1) is 19.8 Å². The van der Waals surface area contributed by atoms with Crippen molar-refractivity contribution >= 4 is 5.97 Å². The van der Waals surface area contributed by atoms with Gasteiger partial charge in [0.1, 0.15) is 5.69 Å². The van der Waals surface area contributed by atoms with Gasteiger partial charge in [0, 0.05) is 11.6 Å². The van der Waals surface area contributed by atoms with Crippen molar-refractivity contribution < 1.29 is 14.6 Å². The predicted molar refractivity (Wildman–Crippen MR) is 48.1 cm³/mol. The highest BCUT2D eigenvalue weighted by atomic mass is 16.5. The predicted octanol–water partition coefficient (Wildman–Crippen LogP) is 0.618. The van der Waals surface area contributed by atoms with Gasteiger partial charge in [0.25, 0.3) is 0 Å². The molecule has 0 spiro atoms. The van der Waals surface area contributed by atoms with Crippen LogP contribution in [0.3, 0.4) is 0 Å². The second-order valence-electron chi connectivity index (χ2n) is 3.98. The van der Waals surface area contributed by atoms with Gasteiger partial charge in [0.15, 0.2) is 0 Å². The Balaban J connectivity index is 2.16. The summed E-state index contributed by atoms with van der Waals surface area (Å²) in [6, 6.07) is 1.51. The Hall–Kier alpha value is -1.36. The van der Waals surface area contributed by atoms with Crippen LogP contribution in [0.4, 0.5) is 0 Å². The third-order valence-electron chi connectivity index (χ3n) is 2.37. The van der Waals surface area contributed by atoms with Crippen molar-refractivity contribution in [1.82, 2.24) is 9.78 Å². The summed E-state index contributed by atoms with van der Waals surface area (Å²) < 4.78 is 6.62. The zero-order valence-corrected chi connectivity index (χ0v) is 7.93. The zero-order valence-electron chi connectivity index (χ0n) is 7.93. The first-order valence-corrected chi connectivity index (χ1v) is 4.44. The molecule has 2 heterocycles. The van der Waals surface area contributed by atoms with Gasteiger partial charge in [-0.05, 0) is 6.07 Å². The monoisotopic (exact) mass is 196 g/mol. The number of rotatable bonds is 3. The van der Waals surface area contributed by atoms with Crippen LogP contribution >= 0.6 is 0 Å². The largest absolute Gasteiger partial charge is 0.477 e. The molecule has 0 atom stereocenters. The molecule has 0 unspecified atom stereocenters. The summed E-state index contributed by atoms with van der Waals surface area (Å²) in [5.41, 5.74) is 0.272. The summed E-state index contributed by atoms with van der Waals surface area (Å²) in [4.78, 5) is 10.8. The van der Waals surface area contributed by atoms with E-state index in [1.165, 1.54) is 16.9 Å². The van der Waals surface area contributed by atoms with Crippen LogP contribution in [0.2, 0.25) is 0 Å². The van der Waals surface area contributed by atoms with Crippen LogP contribution in [0.25, 0.3) is 0 Å². The highest BCUT2D eigenvalue weighted by Crippen LogP contribution is 2.28. The quantitative estimate of drug-likeness (QED) is 0.769. The molecule has 5 nitrogen and oxygen atoms in total. The number of aromatic nitrogens is 2. The smallest absolute Gasteiger partial charge is 0.354 e. The fraction of sp³-hybridized carbons (Fsp3) is 0.556. The molecule has 76 valence electrons. The molecule has 1 aromatic heterocycles. The van der Waals surface area contributed by atoms with Crippen molar-refractivity contribution in [2.45, 2.75) is 13.5 Å². The first kappa shape index (κ1) is 9.21. The van der Waals surface area contributed by atoms with E-state index in [1.807, 2.05) is 0 Å². The maximum atomic E-state index is 10.8. The lowest BCUT2D eigenvalue weighted by Crippen LogP contribution is -2.43.